The highest BCUT2D eigenvalue weighted by atomic mass is 16.5. The molecule has 22 heavy (non-hydrogen) atoms. The highest BCUT2D eigenvalue weighted by Crippen LogP contribution is 2.18. The summed E-state index contributed by atoms with van der Waals surface area (Å²) in [5, 5.41) is 0. The number of allylic oxidation sites excluding steroid dienone is 3. The second kappa shape index (κ2) is 13.6. The van der Waals surface area contributed by atoms with Gasteiger partial charge in [0.25, 0.3) is 0 Å². The van der Waals surface area contributed by atoms with E-state index in [0.29, 0.717) is 6.42 Å². The second-order valence-corrected chi connectivity index (χ2v) is 6.65. The maximum atomic E-state index is 11.5. The van der Waals surface area contributed by atoms with Crippen LogP contribution in [0.25, 0.3) is 0 Å². The van der Waals surface area contributed by atoms with Gasteiger partial charge in [-0.3, -0.25) is 4.79 Å². The summed E-state index contributed by atoms with van der Waals surface area (Å²) in [7, 11) is 0. The zero-order chi connectivity index (χ0) is 15.9. The third kappa shape index (κ3) is 11.6. The highest BCUT2D eigenvalue weighted by molar-refractivity contribution is 5.69. The van der Waals surface area contributed by atoms with Crippen LogP contribution in [0.2, 0.25) is 0 Å². The van der Waals surface area contributed by atoms with Crippen molar-refractivity contribution in [1.29, 1.82) is 0 Å². The van der Waals surface area contributed by atoms with Crippen LogP contribution in [0.5, 0.6) is 0 Å². The van der Waals surface area contributed by atoms with Crippen molar-refractivity contribution in [3.8, 4) is 0 Å². The molecule has 0 aromatic heterocycles. The van der Waals surface area contributed by atoms with E-state index in [9.17, 15) is 4.79 Å². The van der Waals surface area contributed by atoms with Gasteiger partial charge in [-0.25, -0.2) is 0 Å². The maximum Gasteiger partial charge on any atom is 0.310 e. The average molecular weight is 306 g/mol. The first kappa shape index (κ1) is 19.0. The van der Waals surface area contributed by atoms with Crippen LogP contribution in [-0.4, -0.2) is 5.97 Å². The third-order valence-corrected chi connectivity index (χ3v) is 4.42. The molecule has 0 saturated heterocycles. The van der Waals surface area contributed by atoms with Crippen LogP contribution in [-0.2, 0) is 9.53 Å². The van der Waals surface area contributed by atoms with Gasteiger partial charge in [-0.05, 0) is 31.3 Å². The number of carbonyl (C=O) groups excluding carboxylic acids is 1. The van der Waals surface area contributed by atoms with Crippen molar-refractivity contribution in [3.63, 3.8) is 0 Å². The Morgan fingerprint density at radius 3 is 2.27 bits per heavy atom. The standard InChI is InChI=1S/C20H34O2/c1-19-15-11-7-3-2-4-9-13-17-20(21)22-18-14-10-6-5-8-12-16-19/h6,10,14,18-19H,2-5,7-9,11-13,15-17H2,1H3/b10-6-,18-14+. The molecule has 1 heterocycles. The lowest BCUT2D eigenvalue weighted by atomic mass is 9.96. The summed E-state index contributed by atoms with van der Waals surface area (Å²) in [6.07, 6.45) is 23.3. The van der Waals surface area contributed by atoms with Crippen LogP contribution in [0.4, 0.5) is 0 Å². The molecule has 126 valence electrons. The number of hydrogen-bond acceptors (Lipinski definition) is 2. The van der Waals surface area contributed by atoms with Gasteiger partial charge in [-0.15, -0.1) is 0 Å². The molecule has 0 aromatic rings. The molecule has 1 atom stereocenters. The number of hydrogen-bond donors (Lipinski definition) is 0. The van der Waals surface area contributed by atoms with E-state index in [1.165, 1.54) is 64.0 Å². The minimum absolute atomic E-state index is 0.104. The smallest absolute Gasteiger partial charge is 0.310 e. The van der Waals surface area contributed by atoms with Crippen LogP contribution in [0.1, 0.15) is 90.4 Å². The van der Waals surface area contributed by atoms with E-state index in [1.54, 1.807) is 0 Å². The Kier molecular flexibility index (Phi) is 11.7. The monoisotopic (exact) mass is 306 g/mol. The molecular formula is C20H34O2. The van der Waals surface area contributed by atoms with Gasteiger partial charge < -0.3 is 4.74 Å². The molecule has 0 spiro atoms. The van der Waals surface area contributed by atoms with E-state index < -0.39 is 0 Å². The zero-order valence-corrected chi connectivity index (χ0v) is 14.4. The molecule has 1 unspecified atom stereocenters. The molecule has 1 aliphatic rings. The Morgan fingerprint density at radius 1 is 0.864 bits per heavy atom. The van der Waals surface area contributed by atoms with E-state index in [4.69, 9.17) is 4.74 Å². The van der Waals surface area contributed by atoms with Gasteiger partial charge in [-0.2, -0.15) is 0 Å². The van der Waals surface area contributed by atoms with Crippen LogP contribution in [0.3, 0.4) is 0 Å². The summed E-state index contributed by atoms with van der Waals surface area (Å²) in [6.45, 7) is 2.40. The predicted molar refractivity (Wildman–Crippen MR) is 93.6 cm³/mol. The number of rotatable bonds is 0. The van der Waals surface area contributed by atoms with Crippen molar-refractivity contribution in [1.82, 2.24) is 0 Å². The van der Waals surface area contributed by atoms with E-state index in [-0.39, 0.29) is 5.97 Å². The molecule has 1 rings (SSSR count). The van der Waals surface area contributed by atoms with Gasteiger partial charge in [0.05, 0.1) is 6.26 Å². The molecule has 0 fully saturated rings. The fourth-order valence-corrected chi connectivity index (χ4v) is 2.94. The Morgan fingerprint density at radius 2 is 1.50 bits per heavy atom. The zero-order valence-electron chi connectivity index (χ0n) is 14.4. The molecular weight excluding hydrogens is 272 g/mol. The van der Waals surface area contributed by atoms with E-state index in [1.807, 2.05) is 12.2 Å². The molecule has 2 heteroatoms. The molecule has 0 amide bonds. The lowest BCUT2D eigenvalue weighted by Gasteiger charge is -2.10. The number of cyclic esters (lactones) is 1. The summed E-state index contributed by atoms with van der Waals surface area (Å²) in [6, 6.07) is 0. The summed E-state index contributed by atoms with van der Waals surface area (Å²) in [5.41, 5.74) is 0. The highest BCUT2D eigenvalue weighted by Gasteiger charge is 2.03. The molecule has 0 aliphatic carbocycles. The van der Waals surface area contributed by atoms with Gasteiger partial charge >= 0.3 is 5.97 Å². The minimum atomic E-state index is -0.104. The fraction of sp³-hybridized carbons (Fsp3) is 0.750. The second-order valence-electron chi connectivity index (χ2n) is 6.65. The fourth-order valence-electron chi connectivity index (χ4n) is 2.94. The first-order valence-corrected chi connectivity index (χ1v) is 9.30. The number of ether oxygens (including phenoxy) is 1. The Hall–Kier alpha value is -1.05. The lowest BCUT2D eigenvalue weighted by molar-refractivity contribution is -0.138. The van der Waals surface area contributed by atoms with Gasteiger partial charge in [-0.1, -0.05) is 76.9 Å². The maximum absolute atomic E-state index is 11.5. The van der Waals surface area contributed by atoms with Crippen LogP contribution >= 0.6 is 0 Å². The summed E-state index contributed by atoms with van der Waals surface area (Å²) in [5.74, 6) is 0.780. The number of carbonyl (C=O) groups is 1. The minimum Gasteiger partial charge on any atom is -0.434 e. The molecule has 2 nitrogen and oxygen atoms in total. The third-order valence-electron chi connectivity index (χ3n) is 4.42. The Balaban J connectivity index is 2.28. The number of esters is 1. The van der Waals surface area contributed by atoms with Crippen molar-refractivity contribution in [2.24, 2.45) is 5.92 Å². The summed E-state index contributed by atoms with van der Waals surface area (Å²) < 4.78 is 5.07. The first-order valence-electron chi connectivity index (χ1n) is 9.30. The van der Waals surface area contributed by atoms with Crippen molar-refractivity contribution in [2.45, 2.75) is 90.4 Å². The van der Waals surface area contributed by atoms with Gasteiger partial charge in [0.2, 0.25) is 0 Å². The van der Waals surface area contributed by atoms with Gasteiger partial charge in [0.1, 0.15) is 0 Å². The predicted octanol–water partition coefficient (Wildman–Crippen LogP) is 6.32. The largest absolute Gasteiger partial charge is 0.434 e. The Labute approximate surface area is 137 Å². The normalized spacial score (nSPS) is 27.5. The quantitative estimate of drug-likeness (QED) is 0.489. The summed E-state index contributed by atoms with van der Waals surface area (Å²) >= 11 is 0. The van der Waals surface area contributed by atoms with Crippen molar-refractivity contribution >= 4 is 5.97 Å². The molecule has 1 aliphatic heterocycles. The van der Waals surface area contributed by atoms with Gasteiger partial charge in [0, 0.05) is 6.42 Å². The van der Waals surface area contributed by atoms with Crippen LogP contribution in [0.15, 0.2) is 24.5 Å². The molecule has 0 N–H and O–H groups in total. The van der Waals surface area contributed by atoms with Crippen LogP contribution in [0, 0.1) is 5.92 Å². The van der Waals surface area contributed by atoms with E-state index >= 15 is 0 Å². The average Bonchev–Trinajstić information content (AvgIpc) is 2.50. The lowest BCUT2D eigenvalue weighted by Crippen LogP contribution is -1.98. The van der Waals surface area contributed by atoms with Crippen molar-refractivity contribution < 1.29 is 9.53 Å². The van der Waals surface area contributed by atoms with Crippen molar-refractivity contribution in [3.05, 3.63) is 24.5 Å². The van der Waals surface area contributed by atoms with E-state index in [0.717, 1.165) is 25.2 Å². The topological polar surface area (TPSA) is 26.3 Å². The van der Waals surface area contributed by atoms with Crippen molar-refractivity contribution in [2.75, 3.05) is 0 Å². The molecule has 0 aromatic carbocycles. The molecule has 0 bridgehead atoms. The Bertz CT molecular complexity index is 331. The molecule has 0 saturated carbocycles. The SMILES string of the molecule is CC1CCCC/C=C\C=C\OC(=O)CCCCCCCCC1. The first-order chi connectivity index (χ1) is 10.8. The van der Waals surface area contributed by atoms with Gasteiger partial charge in [0.15, 0.2) is 0 Å². The summed E-state index contributed by atoms with van der Waals surface area (Å²) in [4.78, 5) is 11.5. The molecule has 0 radical (unpaired) electrons. The van der Waals surface area contributed by atoms with Crippen LogP contribution < -0.4 is 0 Å². The van der Waals surface area contributed by atoms with E-state index in [2.05, 4.69) is 13.0 Å².